The molecular weight excluding hydrogens is 420 g/mol. The fourth-order valence-electron chi connectivity index (χ4n) is 2.45. The molecule has 6 heteroatoms. The van der Waals surface area contributed by atoms with Crippen LogP contribution in [0.25, 0.3) is 0 Å². The lowest BCUT2D eigenvalue weighted by Crippen LogP contribution is -2.24. The van der Waals surface area contributed by atoms with E-state index >= 15 is 0 Å². The van der Waals surface area contributed by atoms with Gasteiger partial charge < -0.3 is 9.47 Å². The molecule has 0 aliphatic rings. The SMILES string of the molecule is CCCCCCOc1ccc(/C=N/NC(=O)COc2ccc(C)cc2Br)cc1. The van der Waals surface area contributed by atoms with Crippen LogP contribution >= 0.6 is 15.9 Å². The van der Waals surface area contributed by atoms with Gasteiger partial charge in [-0.25, -0.2) is 5.43 Å². The second-order valence-corrected chi connectivity index (χ2v) is 7.35. The van der Waals surface area contributed by atoms with Crippen molar-refractivity contribution in [3.63, 3.8) is 0 Å². The van der Waals surface area contributed by atoms with E-state index in [2.05, 4.69) is 33.4 Å². The molecule has 1 amide bonds. The first-order valence-electron chi connectivity index (χ1n) is 9.52. The number of carbonyl (C=O) groups excluding carboxylic acids is 1. The molecule has 0 spiro atoms. The van der Waals surface area contributed by atoms with Gasteiger partial charge in [0.2, 0.25) is 0 Å². The smallest absolute Gasteiger partial charge is 0.277 e. The third kappa shape index (κ3) is 8.13. The number of hydrazone groups is 1. The monoisotopic (exact) mass is 446 g/mol. The minimum Gasteiger partial charge on any atom is -0.494 e. The quantitative estimate of drug-likeness (QED) is 0.291. The molecule has 0 bridgehead atoms. The average molecular weight is 447 g/mol. The molecule has 0 unspecified atom stereocenters. The van der Waals surface area contributed by atoms with E-state index in [-0.39, 0.29) is 12.5 Å². The Morgan fingerprint density at radius 3 is 2.61 bits per heavy atom. The normalized spacial score (nSPS) is 10.8. The standard InChI is InChI=1S/C22H27BrN2O3/c1-3-4-5-6-13-27-19-10-8-18(9-11-19)15-24-25-22(26)16-28-21-12-7-17(2)14-20(21)23/h7-12,14-15H,3-6,13,16H2,1-2H3,(H,25,26)/b24-15+. The summed E-state index contributed by atoms with van der Waals surface area (Å²) in [5.41, 5.74) is 4.45. The number of nitrogens with zero attached hydrogens (tertiary/aromatic N) is 1. The van der Waals surface area contributed by atoms with Crippen molar-refractivity contribution in [3.05, 3.63) is 58.1 Å². The van der Waals surface area contributed by atoms with Crippen molar-refractivity contribution in [2.24, 2.45) is 5.10 Å². The summed E-state index contributed by atoms with van der Waals surface area (Å²) in [5.74, 6) is 1.14. The van der Waals surface area contributed by atoms with Gasteiger partial charge >= 0.3 is 0 Å². The minimum atomic E-state index is -0.323. The van der Waals surface area contributed by atoms with Crippen molar-refractivity contribution in [2.75, 3.05) is 13.2 Å². The predicted octanol–water partition coefficient (Wildman–Crippen LogP) is 5.25. The number of ether oxygens (including phenoxy) is 2. The highest BCUT2D eigenvalue weighted by molar-refractivity contribution is 9.10. The van der Waals surface area contributed by atoms with E-state index in [0.717, 1.165) is 34.4 Å². The summed E-state index contributed by atoms with van der Waals surface area (Å²) in [6, 6.07) is 13.3. The lowest BCUT2D eigenvalue weighted by Gasteiger charge is -2.07. The van der Waals surface area contributed by atoms with Crippen LogP contribution < -0.4 is 14.9 Å². The predicted molar refractivity (Wildman–Crippen MR) is 116 cm³/mol. The number of hydrogen-bond acceptors (Lipinski definition) is 4. The van der Waals surface area contributed by atoms with Gasteiger partial charge in [0.25, 0.3) is 5.91 Å². The number of hydrogen-bond donors (Lipinski definition) is 1. The van der Waals surface area contributed by atoms with Gasteiger partial charge in [-0.2, -0.15) is 5.10 Å². The maximum Gasteiger partial charge on any atom is 0.277 e. The minimum absolute atomic E-state index is 0.107. The van der Waals surface area contributed by atoms with E-state index in [4.69, 9.17) is 9.47 Å². The van der Waals surface area contributed by atoms with Crippen LogP contribution in [0.4, 0.5) is 0 Å². The van der Waals surface area contributed by atoms with Crippen LogP contribution in [-0.2, 0) is 4.79 Å². The van der Waals surface area contributed by atoms with E-state index in [0.29, 0.717) is 5.75 Å². The molecule has 28 heavy (non-hydrogen) atoms. The Bertz CT molecular complexity index is 776. The zero-order valence-corrected chi connectivity index (χ0v) is 18.0. The van der Waals surface area contributed by atoms with Crippen molar-refractivity contribution in [1.82, 2.24) is 5.43 Å². The molecular formula is C22H27BrN2O3. The van der Waals surface area contributed by atoms with E-state index in [9.17, 15) is 4.79 Å². The summed E-state index contributed by atoms with van der Waals surface area (Å²) in [5, 5.41) is 3.96. The molecule has 0 atom stereocenters. The summed E-state index contributed by atoms with van der Waals surface area (Å²) in [7, 11) is 0. The summed E-state index contributed by atoms with van der Waals surface area (Å²) >= 11 is 3.42. The van der Waals surface area contributed by atoms with Gasteiger partial charge in [-0.3, -0.25) is 4.79 Å². The van der Waals surface area contributed by atoms with Gasteiger partial charge in [-0.05, 0) is 76.8 Å². The largest absolute Gasteiger partial charge is 0.494 e. The number of unbranched alkanes of at least 4 members (excludes halogenated alkanes) is 3. The van der Waals surface area contributed by atoms with Crippen LogP contribution in [0.15, 0.2) is 52.0 Å². The van der Waals surface area contributed by atoms with Gasteiger partial charge in [-0.15, -0.1) is 0 Å². The molecule has 0 radical (unpaired) electrons. The van der Waals surface area contributed by atoms with Crippen molar-refractivity contribution in [1.29, 1.82) is 0 Å². The Morgan fingerprint density at radius 2 is 1.89 bits per heavy atom. The van der Waals surface area contributed by atoms with Crippen molar-refractivity contribution in [2.45, 2.75) is 39.5 Å². The number of nitrogens with one attached hydrogen (secondary N) is 1. The second kappa shape index (κ2) is 12.2. The molecule has 2 aromatic carbocycles. The third-order valence-electron chi connectivity index (χ3n) is 4.00. The van der Waals surface area contributed by atoms with Crippen molar-refractivity contribution < 1.29 is 14.3 Å². The maximum atomic E-state index is 11.8. The first kappa shape index (κ1) is 22.0. The highest BCUT2D eigenvalue weighted by Gasteiger charge is 2.05. The highest BCUT2D eigenvalue weighted by Crippen LogP contribution is 2.25. The average Bonchev–Trinajstić information content (AvgIpc) is 2.68. The molecule has 2 aromatic rings. The number of carbonyl (C=O) groups is 1. The Hall–Kier alpha value is -2.34. The second-order valence-electron chi connectivity index (χ2n) is 6.49. The molecule has 0 aliphatic carbocycles. The summed E-state index contributed by atoms with van der Waals surface area (Å²) in [4.78, 5) is 11.8. The highest BCUT2D eigenvalue weighted by atomic mass is 79.9. The molecule has 5 nitrogen and oxygen atoms in total. The molecule has 0 aliphatic heterocycles. The van der Waals surface area contributed by atoms with Crippen LogP contribution in [-0.4, -0.2) is 25.3 Å². The number of halogens is 1. The fourth-order valence-corrected chi connectivity index (χ4v) is 3.05. The van der Waals surface area contributed by atoms with Crippen molar-refractivity contribution >= 4 is 28.1 Å². The Labute approximate surface area is 175 Å². The zero-order valence-electron chi connectivity index (χ0n) is 16.4. The van der Waals surface area contributed by atoms with E-state index in [1.807, 2.05) is 49.4 Å². The Morgan fingerprint density at radius 1 is 1.11 bits per heavy atom. The van der Waals surface area contributed by atoms with Gasteiger partial charge in [0, 0.05) is 0 Å². The lowest BCUT2D eigenvalue weighted by atomic mass is 10.2. The van der Waals surface area contributed by atoms with Gasteiger partial charge in [0.15, 0.2) is 6.61 Å². The molecule has 0 heterocycles. The number of aryl methyl sites for hydroxylation is 1. The lowest BCUT2D eigenvalue weighted by molar-refractivity contribution is -0.123. The van der Waals surface area contributed by atoms with Gasteiger partial charge in [0.1, 0.15) is 11.5 Å². The number of amides is 1. The molecule has 2 rings (SSSR count). The molecule has 0 aromatic heterocycles. The maximum absolute atomic E-state index is 11.8. The van der Waals surface area contributed by atoms with Gasteiger partial charge in [0.05, 0.1) is 17.3 Å². The van der Waals surface area contributed by atoms with Crippen LogP contribution in [0.5, 0.6) is 11.5 Å². The van der Waals surface area contributed by atoms with Crippen LogP contribution in [0, 0.1) is 6.92 Å². The first-order chi connectivity index (χ1) is 13.6. The van der Waals surface area contributed by atoms with Crippen LogP contribution in [0.2, 0.25) is 0 Å². The molecule has 0 fully saturated rings. The van der Waals surface area contributed by atoms with E-state index < -0.39 is 0 Å². The summed E-state index contributed by atoms with van der Waals surface area (Å²) in [6.07, 6.45) is 6.33. The number of rotatable bonds is 11. The first-order valence-corrected chi connectivity index (χ1v) is 10.3. The Kier molecular flexibility index (Phi) is 9.55. The summed E-state index contributed by atoms with van der Waals surface area (Å²) < 4.78 is 12.0. The topological polar surface area (TPSA) is 59.9 Å². The number of benzene rings is 2. The molecule has 0 saturated carbocycles. The Balaban J connectivity index is 1.70. The molecule has 0 saturated heterocycles. The van der Waals surface area contributed by atoms with Gasteiger partial charge in [-0.1, -0.05) is 32.3 Å². The van der Waals surface area contributed by atoms with E-state index in [1.165, 1.54) is 19.3 Å². The molecule has 1 N–H and O–H groups in total. The molecule has 150 valence electrons. The van der Waals surface area contributed by atoms with Crippen LogP contribution in [0.3, 0.4) is 0 Å². The zero-order chi connectivity index (χ0) is 20.2. The van der Waals surface area contributed by atoms with Crippen molar-refractivity contribution in [3.8, 4) is 11.5 Å². The van der Waals surface area contributed by atoms with E-state index in [1.54, 1.807) is 6.21 Å². The fraction of sp³-hybridized carbons (Fsp3) is 0.364. The third-order valence-corrected chi connectivity index (χ3v) is 4.62. The van der Waals surface area contributed by atoms with Crippen LogP contribution in [0.1, 0.15) is 43.7 Å². The summed E-state index contributed by atoms with van der Waals surface area (Å²) in [6.45, 7) is 4.81.